The number of hydrogen-bond acceptors (Lipinski definition) is 6. The summed E-state index contributed by atoms with van der Waals surface area (Å²) in [4.78, 5) is 25.5. The number of nitrogens with zero attached hydrogens (tertiary/aromatic N) is 1. The van der Waals surface area contributed by atoms with Crippen molar-refractivity contribution in [1.82, 2.24) is 5.32 Å². The molecule has 0 bridgehead atoms. The topological polar surface area (TPSA) is 108 Å². The Morgan fingerprint density at radius 3 is 1.05 bits per heavy atom. The van der Waals surface area contributed by atoms with Gasteiger partial charge in [0.1, 0.15) is 13.2 Å². The van der Waals surface area contributed by atoms with Crippen LogP contribution in [0.25, 0.3) is 0 Å². The van der Waals surface area contributed by atoms with Gasteiger partial charge in [0.05, 0.1) is 39.9 Å². The van der Waals surface area contributed by atoms with Crippen LogP contribution < -0.4 is 10.2 Å². The van der Waals surface area contributed by atoms with Gasteiger partial charge in [-0.15, -0.1) is 0 Å². The summed E-state index contributed by atoms with van der Waals surface area (Å²) < 4.78 is 23.4. The number of aliphatic hydroxyl groups excluding tert-OH is 1. The van der Waals surface area contributed by atoms with Crippen molar-refractivity contribution in [2.24, 2.45) is 0 Å². The molecule has 0 saturated carbocycles. The first-order valence-corrected chi connectivity index (χ1v) is 34.2. The molecule has 0 heterocycles. The van der Waals surface area contributed by atoms with Crippen molar-refractivity contribution in [3.8, 4) is 0 Å². The fraction of sp³-hybridized carbons (Fsp3) is 0.923. The lowest BCUT2D eigenvalue weighted by Gasteiger charge is -2.29. The molecule has 0 aliphatic rings. The number of likely N-dealkylation sites (N-methyl/N-ethyl adjacent to an activating group) is 1. The van der Waals surface area contributed by atoms with Crippen LogP contribution in [0.15, 0.2) is 24.3 Å². The molecule has 8 nitrogen and oxygen atoms in total. The molecular formula is C65H129N2O6P. The maximum absolute atomic E-state index is 13.0. The van der Waals surface area contributed by atoms with E-state index in [9.17, 15) is 19.4 Å². The van der Waals surface area contributed by atoms with Gasteiger partial charge in [-0.05, 0) is 44.9 Å². The van der Waals surface area contributed by atoms with Gasteiger partial charge >= 0.3 is 0 Å². The van der Waals surface area contributed by atoms with E-state index in [0.717, 1.165) is 38.5 Å². The Labute approximate surface area is 462 Å². The highest BCUT2D eigenvalue weighted by Crippen LogP contribution is 2.38. The van der Waals surface area contributed by atoms with Crippen LogP contribution in [-0.2, 0) is 18.4 Å². The Hall–Kier alpha value is -1.02. The van der Waals surface area contributed by atoms with Gasteiger partial charge in [-0.2, -0.15) is 0 Å². The third-order valence-electron chi connectivity index (χ3n) is 15.2. The lowest BCUT2D eigenvalue weighted by atomic mass is 10.0. The van der Waals surface area contributed by atoms with E-state index in [2.05, 4.69) is 31.3 Å². The van der Waals surface area contributed by atoms with Crippen LogP contribution in [0.2, 0.25) is 0 Å². The van der Waals surface area contributed by atoms with Gasteiger partial charge in [0.15, 0.2) is 0 Å². The summed E-state index contributed by atoms with van der Waals surface area (Å²) in [5.41, 5.74) is 0. The molecule has 0 aliphatic heterocycles. The molecule has 3 unspecified atom stereocenters. The van der Waals surface area contributed by atoms with Gasteiger partial charge in [0.25, 0.3) is 7.82 Å². The van der Waals surface area contributed by atoms with Crippen LogP contribution >= 0.6 is 7.82 Å². The molecule has 1 amide bonds. The first kappa shape index (κ1) is 73.0. The number of phosphoric ester groups is 1. The molecule has 3 atom stereocenters. The zero-order chi connectivity index (χ0) is 54.2. The minimum atomic E-state index is -4.60. The van der Waals surface area contributed by atoms with Gasteiger partial charge in [-0.3, -0.25) is 9.36 Å². The lowest BCUT2D eigenvalue weighted by Crippen LogP contribution is -2.45. The molecule has 0 saturated heterocycles. The van der Waals surface area contributed by atoms with Gasteiger partial charge in [-0.25, -0.2) is 0 Å². The molecule has 0 aromatic rings. The van der Waals surface area contributed by atoms with Crippen LogP contribution in [0.1, 0.15) is 335 Å². The molecule has 0 spiro atoms. The van der Waals surface area contributed by atoms with Gasteiger partial charge < -0.3 is 28.8 Å². The highest BCUT2D eigenvalue weighted by molar-refractivity contribution is 7.45. The molecular weight excluding hydrogens is 936 g/mol. The Balaban J connectivity index is 3.97. The number of amides is 1. The maximum atomic E-state index is 13.0. The van der Waals surface area contributed by atoms with E-state index in [4.69, 9.17) is 9.05 Å². The number of carbonyl (C=O) groups is 1. The van der Waals surface area contributed by atoms with Crippen molar-refractivity contribution in [1.29, 1.82) is 0 Å². The second kappa shape index (κ2) is 56.7. The smallest absolute Gasteiger partial charge is 0.268 e. The Bertz CT molecular complexity index is 1260. The fourth-order valence-electron chi connectivity index (χ4n) is 10.0. The van der Waals surface area contributed by atoms with Crippen molar-refractivity contribution in [2.45, 2.75) is 347 Å². The van der Waals surface area contributed by atoms with Gasteiger partial charge in [0, 0.05) is 6.42 Å². The largest absolute Gasteiger partial charge is 0.756 e. The summed E-state index contributed by atoms with van der Waals surface area (Å²) in [6, 6.07) is -0.884. The summed E-state index contributed by atoms with van der Waals surface area (Å²) in [5, 5.41) is 13.9. The summed E-state index contributed by atoms with van der Waals surface area (Å²) in [6.45, 7) is 4.70. The van der Waals surface area contributed by atoms with E-state index in [1.165, 1.54) is 276 Å². The number of quaternary nitrogens is 1. The average Bonchev–Trinajstić information content (AvgIpc) is 3.36. The summed E-state index contributed by atoms with van der Waals surface area (Å²) >= 11 is 0. The number of nitrogens with one attached hydrogen (secondary N) is 1. The minimum absolute atomic E-state index is 0.00151. The normalized spacial score (nSPS) is 13.9. The first-order chi connectivity index (χ1) is 36.0. The van der Waals surface area contributed by atoms with Crippen molar-refractivity contribution < 1.29 is 32.9 Å². The van der Waals surface area contributed by atoms with E-state index in [1.807, 2.05) is 27.2 Å². The molecule has 440 valence electrons. The second-order valence-electron chi connectivity index (χ2n) is 23.8. The molecule has 0 aromatic carbocycles. The monoisotopic (exact) mass is 1060 g/mol. The first-order valence-electron chi connectivity index (χ1n) is 32.7. The van der Waals surface area contributed by atoms with Crippen molar-refractivity contribution in [3.63, 3.8) is 0 Å². The van der Waals surface area contributed by atoms with E-state index < -0.39 is 20.0 Å². The minimum Gasteiger partial charge on any atom is -0.756 e. The zero-order valence-electron chi connectivity index (χ0n) is 50.3. The number of phosphoric acid groups is 1. The quantitative estimate of drug-likeness (QED) is 0.0272. The SMILES string of the molecule is CCCCCCCCCCCCCCCC/C=C\CCCCCCCCCCCCCCCCCCCC(=O)NC(COP(=O)([O-])OCC[N+](C)(C)C)C(O)/C=C/CCCCCCCCCCCCCCCCC. The van der Waals surface area contributed by atoms with Gasteiger partial charge in [-0.1, -0.05) is 308 Å². The number of carbonyl (C=O) groups excluding carboxylic acids is 1. The van der Waals surface area contributed by atoms with Crippen LogP contribution in [-0.4, -0.2) is 68.5 Å². The van der Waals surface area contributed by atoms with Crippen molar-refractivity contribution >= 4 is 13.7 Å². The molecule has 0 radical (unpaired) electrons. The van der Waals surface area contributed by atoms with E-state index >= 15 is 0 Å². The number of allylic oxidation sites excluding steroid dienone is 3. The van der Waals surface area contributed by atoms with Crippen LogP contribution in [0.3, 0.4) is 0 Å². The van der Waals surface area contributed by atoms with E-state index in [1.54, 1.807) is 6.08 Å². The average molecular weight is 1070 g/mol. The van der Waals surface area contributed by atoms with Crippen LogP contribution in [0.5, 0.6) is 0 Å². The highest BCUT2D eigenvalue weighted by atomic mass is 31.2. The molecule has 0 rings (SSSR count). The van der Waals surface area contributed by atoms with Crippen molar-refractivity contribution in [3.05, 3.63) is 24.3 Å². The fourth-order valence-corrected chi connectivity index (χ4v) is 10.8. The number of aliphatic hydroxyl groups is 1. The zero-order valence-corrected chi connectivity index (χ0v) is 51.2. The molecule has 0 fully saturated rings. The predicted molar refractivity (Wildman–Crippen MR) is 321 cm³/mol. The van der Waals surface area contributed by atoms with Gasteiger partial charge in [0.2, 0.25) is 5.91 Å². The number of unbranched alkanes of at least 4 members (excludes halogenated alkanes) is 46. The lowest BCUT2D eigenvalue weighted by molar-refractivity contribution is -0.870. The van der Waals surface area contributed by atoms with Crippen molar-refractivity contribution in [2.75, 3.05) is 40.9 Å². The summed E-state index contributed by atoms with van der Waals surface area (Å²) in [7, 11) is 1.28. The molecule has 0 aromatic heterocycles. The highest BCUT2D eigenvalue weighted by Gasteiger charge is 2.23. The maximum Gasteiger partial charge on any atom is 0.268 e. The molecule has 0 aliphatic carbocycles. The van der Waals surface area contributed by atoms with E-state index in [-0.39, 0.29) is 19.1 Å². The second-order valence-corrected chi connectivity index (χ2v) is 25.2. The Kier molecular flexibility index (Phi) is 55.9. The predicted octanol–water partition coefficient (Wildman–Crippen LogP) is 19.7. The summed E-state index contributed by atoms with van der Waals surface area (Å²) in [5.74, 6) is -0.191. The Morgan fingerprint density at radius 1 is 0.459 bits per heavy atom. The number of hydrogen-bond donors (Lipinski definition) is 2. The van der Waals surface area contributed by atoms with E-state index in [0.29, 0.717) is 17.4 Å². The summed E-state index contributed by atoms with van der Waals surface area (Å²) in [6.07, 6.45) is 72.9. The number of rotatable bonds is 61. The third kappa shape index (κ3) is 58.7. The molecule has 2 N–H and O–H groups in total. The molecule has 74 heavy (non-hydrogen) atoms. The van der Waals surface area contributed by atoms with Crippen LogP contribution in [0.4, 0.5) is 0 Å². The molecule has 9 heteroatoms. The third-order valence-corrected chi connectivity index (χ3v) is 16.1. The Morgan fingerprint density at radius 2 is 0.743 bits per heavy atom. The standard InChI is InChI=1S/C65H129N2O6P/c1-6-8-10-12-14-16-18-20-22-24-25-26-27-28-29-30-31-32-33-34-35-36-37-38-39-40-41-43-45-47-49-51-53-55-57-59-65(69)66-63(62-73-74(70,71)72-61-60-67(3,4)5)64(68)58-56-54-52-50-48-46-44-42-23-21-19-17-15-13-11-9-7-2/h30-31,56,58,63-64,68H,6-29,32-55,57,59-62H2,1-5H3,(H-,66,69,70,71)/b31-30-,58-56+. The van der Waals surface area contributed by atoms with Crippen LogP contribution in [0, 0.1) is 0 Å².